The Labute approximate surface area is 134 Å². The van der Waals surface area contributed by atoms with E-state index in [4.69, 9.17) is 0 Å². The minimum absolute atomic E-state index is 0.237. The van der Waals surface area contributed by atoms with Crippen LogP contribution in [0.2, 0.25) is 0 Å². The summed E-state index contributed by atoms with van der Waals surface area (Å²) >= 11 is 0. The summed E-state index contributed by atoms with van der Waals surface area (Å²) in [7, 11) is 0. The first-order valence-electron chi connectivity index (χ1n) is 7.40. The molecule has 1 N–H and O–H groups in total. The summed E-state index contributed by atoms with van der Waals surface area (Å²) in [5, 5.41) is 9.67. The third-order valence-corrected chi connectivity index (χ3v) is 4.18. The van der Waals surface area contributed by atoms with Crippen LogP contribution in [-0.4, -0.2) is 19.4 Å². The summed E-state index contributed by atoms with van der Waals surface area (Å²) in [6, 6.07) is 16.9. The number of fused-ring (bicyclic) bond motifs is 5. The first-order chi connectivity index (χ1) is 11.8. The lowest BCUT2D eigenvalue weighted by Gasteiger charge is -2.05. The fourth-order valence-corrected chi connectivity index (χ4v) is 3.11. The third-order valence-electron chi connectivity index (χ3n) is 4.18. The maximum Gasteiger partial charge on any atom is 0.284 e. The predicted molar refractivity (Wildman–Crippen MR) is 90.8 cm³/mol. The van der Waals surface area contributed by atoms with Crippen LogP contribution in [-0.2, 0) is 0 Å². The van der Waals surface area contributed by atoms with Crippen molar-refractivity contribution in [2.24, 2.45) is 0 Å². The fourth-order valence-electron chi connectivity index (χ4n) is 3.11. The van der Waals surface area contributed by atoms with E-state index in [9.17, 15) is 10.1 Å². The van der Waals surface area contributed by atoms with Gasteiger partial charge in [-0.25, -0.2) is 9.97 Å². The molecule has 0 aliphatic rings. The van der Waals surface area contributed by atoms with Crippen molar-refractivity contribution in [2.75, 3.05) is 0 Å². The average Bonchev–Trinajstić information content (AvgIpc) is 3.00. The second kappa shape index (κ2) is 4.40. The third kappa shape index (κ3) is 1.50. The van der Waals surface area contributed by atoms with E-state index in [1.807, 2.05) is 48.5 Å². The zero-order chi connectivity index (χ0) is 16.3. The number of benzene rings is 2. The number of imidazole rings is 1. The van der Waals surface area contributed by atoms with Crippen molar-refractivity contribution in [3.63, 3.8) is 0 Å². The van der Waals surface area contributed by atoms with E-state index in [2.05, 4.69) is 21.0 Å². The van der Waals surface area contributed by atoms with Gasteiger partial charge in [0.05, 0.1) is 27.6 Å². The second-order valence-electron chi connectivity index (χ2n) is 5.53. The van der Waals surface area contributed by atoms with E-state index in [0.717, 1.165) is 5.52 Å². The molecule has 6 nitrogen and oxygen atoms in total. The van der Waals surface area contributed by atoms with Gasteiger partial charge in [-0.05, 0) is 24.3 Å². The monoisotopic (exact) mass is 311 g/mol. The number of pyridine rings is 1. The number of hydrogen-bond donors (Lipinski definition) is 1. The second-order valence-corrected chi connectivity index (χ2v) is 5.53. The van der Waals surface area contributed by atoms with E-state index in [1.165, 1.54) is 4.40 Å². The Kier molecular flexibility index (Phi) is 2.34. The number of nitrogens with one attached hydrogen (secondary N) is 1. The zero-order valence-electron chi connectivity index (χ0n) is 12.3. The molecule has 112 valence electrons. The molecule has 6 heteroatoms. The van der Waals surface area contributed by atoms with Crippen LogP contribution in [0.25, 0.3) is 38.7 Å². The van der Waals surface area contributed by atoms with Crippen molar-refractivity contribution >= 4 is 38.7 Å². The molecule has 0 amide bonds. The van der Waals surface area contributed by atoms with Crippen molar-refractivity contribution < 1.29 is 0 Å². The van der Waals surface area contributed by atoms with Crippen molar-refractivity contribution in [3.05, 3.63) is 64.4 Å². The molecule has 5 rings (SSSR count). The maximum atomic E-state index is 13.0. The Balaban J connectivity index is 2.15. The summed E-state index contributed by atoms with van der Waals surface area (Å²) < 4.78 is 1.46. The number of para-hydroxylation sites is 4. The lowest BCUT2D eigenvalue weighted by molar-refractivity contribution is 1.15. The molecule has 0 unspecified atom stereocenters. The van der Waals surface area contributed by atoms with Gasteiger partial charge in [-0.1, -0.05) is 24.3 Å². The highest BCUT2D eigenvalue weighted by molar-refractivity contribution is 5.95. The number of rotatable bonds is 0. The van der Waals surface area contributed by atoms with Gasteiger partial charge in [-0.3, -0.25) is 9.20 Å². The molecule has 0 aliphatic heterocycles. The van der Waals surface area contributed by atoms with Gasteiger partial charge in [-0.15, -0.1) is 0 Å². The molecule has 0 saturated carbocycles. The van der Waals surface area contributed by atoms with Crippen molar-refractivity contribution in [1.82, 2.24) is 19.4 Å². The maximum absolute atomic E-state index is 13.0. The summed E-state index contributed by atoms with van der Waals surface area (Å²) in [6.45, 7) is 0. The van der Waals surface area contributed by atoms with Gasteiger partial charge in [0.1, 0.15) is 11.6 Å². The predicted octanol–water partition coefficient (Wildman–Crippen LogP) is 2.75. The Bertz CT molecular complexity index is 1390. The number of nitriles is 1. The van der Waals surface area contributed by atoms with Crippen LogP contribution in [0.5, 0.6) is 0 Å². The lowest BCUT2D eigenvalue weighted by atomic mass is 10.2. The summed E-state index contributed by atoms with van der Waals surface area (Å²) in [5.74, 6) is 0. The van der Waals surface area contributed by atoms with Gasteiger partial charge < -0.3 is 4.98 Å². The van der Waals surface area contributed by atoms with E-state index in [0.29, 0.717) is 33.3 Å². The highest BCUT2D eigenvalue weighted by Gasteiger charge is 2.18. The highest BCUT2D eigenvalue weighted by Crippen LogP contribution is 2.23. The van der Waals surface area contributed by atoms with Crippen LogP contribution < -0.4 is 5.56 Å². The Morgan fingerprint density at radius 3 is 2.58 bits per heavy atom. The van der Waals surface area contributed by atoms with Crippen LogP contribution in [0.4, 0.5) is 0 Å². The number of aromatic amines is 1. The molecule has 3 heterocycles. The summed E-state index contributed by atoms with van der Waals surface area (Å²) in [5.41, 5.74) is 3.83. The molecule has 0 atom stereocenters. The number of nitrogens with zero attached hydrogens (tertiary/aromatic N) is 4. The standard InChI is InChI=1S/C18H9N5O/c19-9-10-15-16(21-12-6-2-1-5-11(12)20-15)18(24)23-14-8-4-3-7-13(14)22-17(10)23/h1-8,20H. The molecule has 0 spiro atoms. The van der Waals surface area contributed by atoms with Gasteiger partial charge in [0.2, 0.25) is 0 Å². The van der Waals surface area contributed by atoms with E-state index in [-0.39, 0.29) is 11.1 Å². The van der Waals surface area contributed by atoms with Gasteiger partial charge in [-0.2, -0.15) is 5.26 Å². The van der Waals surface area contributed by atoms with E-state index >= 15 is 0 Å². The normalized spacial score (nSPS) is 11.5. The van der Waals surface area contributed by atoms with Crippen LogP contribution >= 0.6 is 0 Å². The van der Waals surface area contributed by atoms with Crippen molar-refractivity contribution in [1.29, 1.82) is 5.26 Å². The number of H-pyrrole nitrogens is 1. The molecular weight excluding hydrogens is 302 g/mol. The molecular formula is C18H9N5O. The van der Waals surface area contributed by atoms with E-state index < -0.39 is 0 Å². The van der Waals surface area contributed by atoms with Crippen LogP contribution in [0.3, 0.4) is 0 Å². The van der Waals surface area contributed by atoms with Crippen LogP contribution in [0, 0.1) is 11.3 Å². The van der Waals surface area contributed by atoms with Gasteiger partial charge >= 0.3 is 0 Å². The molecule has 2 aromatic carbocycles. The molecule has 0 saturated heterocycles. The number of hydrogen-bond acceptors (Lipinski definition) is 4. The van der Waals surface area contributed by atoms with Gasteiger partial charge in [0.15, 0.2) is 11.2 Å². The molecule has 0 aliphatic carbocycles. The first kappa shape index (κ1) is 12.8. The van der Waals surface area contributed by atoms with Crippen molar-refractivity contribution in [3.8, 4) is 6.07 Å². The van der Waals surface area contributed by atoms with E-state index in [1.54, 1.807) is 0 Å². The topological polar surface area (TPSA) is 86.8 Å². The minimum atomic E-state index is -0.283. The van der Waals surface area contributed by atoms with Gasteiger partial charge in [0, 0.05) is 0 Å². The molecule has 24 heavy (non-hydrogen) atoms. The van der Waals surface area contributed by atoms with Crippen LogP contribution in [0.15, 0.2) is 53.3 Å². The Morgan fingerprint density at radius 2 is 1.75 bits per heavy atom. The largest absolute Gasteiger partial charge is 0.351 e. The van der Waals surface area contributed by atoms with Crippen molar-refractivity contribution in [2.45, 2.75) is 0 Å². The Hall–Kier alpha value is -3.72. The number of aromatic nitrogens is 4. The summed E-state index contributed by atoms with van der Waals surface area (Å²) in [4.78, 5) is 25.1. The molecule has 3 aromatic heterocycles. The first-order valence-corrected chi connectivity index (χ1v) is 7.40. The smallest absolute Gasteiger partial charge is 0.284 e. The zero-order valence-corrected chi connectivity index (χ0v) is 12.3. The fraction of sp³-hybridized carbons (Fsp3) is 0. The molecule has 0 bridgehead atoms. The summed E-state index contributed by atoms with van der Waals surface area (Å²) in [6.07, 6.45) is 0. The molecule has 5 aromatic rings. The SMILES string of the molecule is N#Cc1c2[nH]c3ccccc3nc2c(=O)n2c1nc1ccccc12. The highest BCUT2D eigenvalue weighted by atomic mass is 16.1. The Morgan fingerprint density at radius 1 is 1.00 bits per heavy atom. The average molecular weight is 311 g/mol. The quantitative estimate of drug-likeness (QED) is 0.445. The lowest BCUT2D eigenvalue weighted by Crippen LogP contribution is -2.16. The minimum Gasteiger partial charge on any atom is -0.351 e. The molecule has 0 fully saturated rings. The van der Waals surface area contributed by atoms with Gasteiger partial charge in [0.25, 0.3) is 5.56 Å². The molecule has 0 radical (unpaired) electrons. The van der Waals surface area contributed by atoms with Crippen LogP contribution in [0.1, 0.15) is 5.56 Å².